The summed E-state index contributed by atoms with van der Waals surface area (Å²) in [6.07, 6.45) is 0. The van der Waals surface area contributed by atoms with E-state index < -0.39 is 11.5 Å². The number of nitrogens with zero attached hydrogens (tertiary/aromatic N) is 1. The highest BCUT2D eigenvalue weighted by molar-refractivity contribution is 6.01. The molecule has 0 fully saturated rings. The van der Waals surface area contributed by atoms with E-state index in [9.17, 15) is 14.7 Å². The molecule has 2 rings (SSSR count). The third kappa shape index (κ3) is 1.76. The van der Waals surface area contributed by atoms with Gasteiger partial charge in [-0.1, -0.05) is 18.2 Å². The van der Waals surface area contributed by atoms with Gasteiger partial charge in [0.1, 0.15) is 0 Å². The van der Waals surface area contributed by atoms with Crippen LogP contribution >= 0.6 is 0 Å². The molecule has 96 valence electrons. The van der Waals surface area contributed by atoms with E-state index in [-0.39, 0.29) is 12.5 Å². The molecule has 0 bridgehead atoms. The molecular weight excluding hydrogens is 234 g/mol. The molecule has 1 amide bonds. The Morgan fingerprint density at radius 3 is 2.72 bits per heavy atom. The van der Waals surface area contributed by atoms with Crippen molar-refractivity contribution in [2.75, 3.05) is 13.7 Å². The summed E-state index contributed by atoms with van der Waals surface area (Å²) in [5.74, 6) is -1.32. The van der Waals surface area contributed by atoms with Crippen LogP contribution in [0, 0.1) is 0 Å². The van der Waals surface area contributed by atoms with E-state index in [1.165, 1.54) is 18.9 Å². The molecule has 1 aliphatic heterocycles. The Morgan fingerprint density at radius 1 is 1.50 bits per heavy atom. The maximum atomic E-state index is 12.2. The van der Waals surface area contributed by atoms with Gasteiger partial charge in [-0.25, -0.2) is 4.79 Å². The van der Waals surface area contributed by atoms with Crippen LogP contribution in [-0.2, 0) is 16.1 Å². The zero-order valence-electron chi connectivity index (χ0n) is 10.3. The summed E-state index contributed by atoms with van der Waals surface area (Å²) in [7, 11) is 1.43. The number of carboxylic acid groups (broad SMARTS) is 1. The molecule has 0 saturated carbocycles. The van der Waals surface area contributed by atoms with Gasteiger partial charge < -0.3 is 14.7 Å². The van der Waals surface area contributed by atoms with E-state index in [2.05, 4.69) is 0 Å². The standard InChI is InChI=1S/C13H15NO4/c1-13(8-18-2,12(16)17)14-7-9-5-3-4-6-10(9)11(14)15/h3-6H,7-8H2,1-2H3,(H,16,17). The minimum atomic E-state index is -1.34. The fourth-order valence-corrected chi connectivity index (χ4v) is 2.19. The van der Waals surface area contributed by atoms with Crippen LogP contribution in [0.1, 0.15) is 22.8 Å². The van der Waals surface area contributed by atoms with Crippen LogP contribution in [0.4, 0.5) is 0 Å². The average molecular weight is 249 g/mol. The van der Waals surface area contributed by atoms with Gasteiger partial charge in [-0.2, -0.15) is 0 Å². The Kier molecular flexibility index (Phi) is 3.09. The first-order valence-electron chi connectivity index (χ1n) is 5.63. The summed E-state index contributed by atoms with van der Waals surface area (Å²) in [4.78, 5) is 25.0. The van der Waals surface area contributed by atoms with Crippen LogP contribution in [0.15, 0.2) is 24.3 Å². The van der Waals surface area contributed by atoms with Crippen LogP contribution in [0.3, 0.4) is 0 Å². The zero-order chi connectivity index (χ0) is 13.3. The number of carbonyl (C=O) groups excluding carboxylic acids is 1. The lowest BCUT2D eigenvalue weighted by Gasteiger charge is -2.34. The fraction of sp³-hybridized carbons (Fsp3) is 0.385. The van der Waals surface area contributed by atoms with Crippen molar-refractivity contribution in [2.24, 2.45) is 0 Å². The van der Waals surface area contributed by atoms with Gasteiger partial charge in [-0.05, 0) is 18.6 Å². The molecule has 18 heavy (non-hydrogen) atoms. The lowest BCUT2D eigenvalue weighted by atomic mass is 10.0. The molecule has 0 spiro atoms. The van der Waals surface area contributed by atoms with E-state index in [0.29, 0.717) is 12.1 Å². The van der Waals surface area contributed by atoms with Gasteiger partial charge in [0.05, 0.1) is 6.61 Å². The van der Waals surface area contributed by atoms with Crippen LogP contribution < -0.4 is 0 Å². The number of hydrogen-bond acceptors (Lipinski definition) is 3. The molecule has 1 atom stereocenters. The molecule has 1 heterocycles. The predicted molar refractivity (Wildman–Crippen MR) is 64.2 cm³/mol. The first kappa shape index (κ1) is 12.6. The van der Waals surface area contributed by atoms with Crippen molar-refractivity contribution < 1.29 is 19.4 Å². The summed E-state index contributed by atoms with van der Waals surface area (Å²) in [5.41, 5.74) is 0.0809. The highest BCUT2D eigenvalue weighted by atomic mass is 16.5. The summed E-state index contributed by atoms with van der Waals surface area (Å²) in [6, 6.07) is 7.16. The predicted octanol–water partition coefficient (Wildman–Crippen LogP) is 1.13. The highest BCUT2D eigenvalue weighted by Gasteiger charge is 2.46. The van der Waals surface area contributed by atoms with Crippen molar-refractivity contribution in [2.45, 2.75) is 19.0 Å². The van der Waals surface area contributed by atoms with Gasteiger partial charge in [-0.15, -0.1) is 0 Å². The van der Waals surface area contributed by atoms with Crippen molar-refractivity contribution >= 4 is 11.9 Å². The maximum absolute atomic E-state index is 12.2. The minimum absolute atomic E-state index is 0.0396. The summed E-state index contributed by atoms with van der Waals surface area (Å²) in [6.45, 7) is 1.77. The molecule has 0 aliphatic carbocycles. The number of carboxylic acids is 1. The second-order valence-electron chi connectivity index (χ2n) is 4.56. The first-order valence-corrected chi connectivity index (χ1v) is 5.63. The van der Waals surface area contributed by atoms with Gasteiger partial charge in [-0.3, -0.25) is 4.79 Å². The van der Waals surface area contributed by atoms with Crippen LogP contribution in [0.2, 0.25) is 0 Å². The number of benzene rings is 1. The normalized spacial score (nSPS) is 17.4. The quantitative estimate of drug-likeness (QED) is 0.868. The molecule has 1 aliphatic rings. The van der Waals surface area contributed by atoms with Gasteiger partial charge >= 0.3 is 5.97 Å². The minimum Gasteiger partial charge on any atom is -0.479 e. The van der Waals surface area contributed by atoms with E-state index in [1.54, 1.807) is 12.1 Å². The zero-order valence-corrected chi connectivity index (χ0v) is 10.3. The molecule has 1 N–H and O–H groups in total. The van der Waals surface area contributed by atoms with E-state index >= 15 is 0 Å². The molecule has 1 unspecified atom stereocenters. The number of methoxy groups -OCH3 is 1. The van der Waals surface area contributed by atoms with Gasteiger partial charge in [0.15, 0.2) is 5.54 Å². The topological polar surface area (TPSA) is 66.8 Å². The number of hydrogen-bond donors (Lipinski definition) is 1. The monoisotopic (exact) mass is 249 g/mol. The third-order valence-electron chi connectivity index (χ3n) is 3.30. The average Bonchev–Trinajstić information content (AvgIpc) is 2.68. The van der Waals surface area contributed by atoms with E-state index in [0.717, 1.165) is 5.56 Å². The molecular formula is C13H15NO4. The molecule has 5 nitrogen and oxygen atoms in total. The SMILES string of the molecule is COCC(C)(C(=O)O)N1Cc2ccccc2C1=O. The van der Waals surface area contributed by atoms with Gasteiger partial charge in [0, 0.05) is 19.2 Å². The lowest BCUT2D eigenvalue weighted by Crippen LogP contribution is -2.55. The van der Waals surface area contributed by atoms with Crippen LogP contribution in [0.25, 0.3) is 0 Å². The van der Waals surface area contributed by atoms with Crippen molar-refractivity contribution in [3.05, 3.63) is 35.4 Å². The number of ether oxygens (including phenoxy) is 1. The van der Waals surface area contributed by atoms with Gasteiger partial charge in [0.2, 0.25) is 0 Å². The number of rotatable bonds is 4. The maximum Gasteiger partial charge on any atom is 0.331 e. The van der Waals surface area contributed by atoms with Crippen molar-refractivity contribution in [3.8, 4) is 0 Å². The molecule has 5 heteroatoms. The van der Waals surface area contributed by atoms with Gasteiger partial charge in [0.25, 0.3) is 5.91 Å². The fourth-order valence-electron chi connectivity index (χ4n) is 2.19. The Bertz CT molecular complexity index is 500. The highest BCUT2D eigenvalue weighted by Crippen LogP contribution is 2.29. The lowest BCUT2D eigenvalue weighted by molar-refractivity contribution is -0.152. The van der Waals surface area contributed by atoms with E-state index in [1.807, 2.05) is 12.1 Å². The van der Waals surface area contributed by atoms with Crippen molar-refractivity contribution in [1.29, 1.82) is 0 Å². The first-order chi connectivity index (χ1) is 8.50. The van der Waals surface area contributed by atoms with Crippen molar-refractivity contribution in [1.82, 2.24) is 4.90 Å². The van der Waals surface area contributed by atoms with Crippen LogP contribution in [-0.4, -0.2) is 41.1 Å². The Hall–Kier alpha value is -1.88. The molecule has 0 saturated heterocycles. The second kappa shape index (κ2) is 4.42. The molecule has 1 aromatic carbocycles. The summed E-state index contributed by atoms with van der Waals surface area (Å²) in [5, 5.41) is 9.35. The third-order valence-corrected chi connectivity index (χ3v) is 3.30. The van der Waals surface area contributed by atoms with E-state index in [4.69, 9.17) is 4.74 Å². The number of carbonyl (C=O) groups is 2. The largest absolute Gasteiger partial charge is 0.479 e. The Labute approximate surface area is 105 Å². The Balaban J connectivity index is 2.37. The molecule has 0 aromatic heterocycles. The summed E-state index contributed by atoms with van der Waals surface area (Å²) >= 11 is 0. The summed E-state index contributed by atoms with van der Waals surface area (Å²) < 4.78 is 4.95. The smallest absolute Gasteiger partial charge is 0.331 e. The number of fused-ring (bicyclic) bond motifs is 1. The molecule has 0 radical (unpaired) electrons. The molecule has 1 aromatic rings. The second-order valence-corrected chi connectivity index (χ2v) is 4.56. The Morgan fingerprint density at radius 2 is 2.17 bits per heavy atom. The van der Waals surface area contributed by atoms with Crippen LogP contribution in [0.5, 0.6) is 0 Å². The number of amides is 1. The van der Waals surface area contributed by atoms with Crippen molar-refractivity contribution in [3.63, 3.8) is 0 Å². The number of aliphatic carboxylic acids is 1.